The molecule has 0 amide bonds. The largest absolute Gasteiger partial charge is 0.430 e. The number of aliphatic hydroxyl groups excluding tert-OH is 1. The molecule has 0 heterocycles. The van der Waals surface area contributed by atoms with E-state index < -0.39 is 23.8 Å². The van der Waals surface area contributed by atoms with Gasteiger partial charge in [0.15, 0.2) is 0 Å². The van der Waals surface area contributed by atoms with E-state index in [-0.39, 0.29) is 5.92 Å². The molecule has 0 aromatic rings. The Kier molecular flexibility index (Phi) is 2.88. The number of carbonyl (C=O) groups excluding carboxylic acids is 1. The van der Waals surface area contributed by atoms with Gasteiger partial charge in [-0.15, -0.1) is 0 Å². The lowest BCUT2D eigenvalue weighted by Crippen LogP contribution is -2.50. The maximum Gasteiger partial charge on any atom is 0.311 e. The molecule has 1 aliphatic carbocycles. The van der Waals surface area contributed by atoms with Crippen LogP contribution in [0.1, 0.15) is 33.6 Å². The molecule has 0 bridgehead atoms. The molecule has 1 saturated carbocycles. The summed E-state index contributed by atoms with van der Waals surface area (Å²) in [5, 5.41) is 19.0. The minimum atomic E-state index is -1.77. The molecular weight excluding hydrogens is 184 g/mol. The highest BCUT2D eigenvalue weighted by Gasteiger charge is 2.46. The van der Waals surface area contributed by atoms with Gasteiger partial charge in [0.05, 0.1) is 5.92 Å². The van der Waals surface area contributed by atoms with Gasteiger partial charge in [-0.3, -0.25) is 4.79 Å². The third-order valence-corrected chi connectivity index (χ3v) is 2.57. The molecule has 1 atom stereocenters. The van der Waals surface area contributed by atoms with E-state index in [2.05, 4.69) is 0 Å². The predicted octanol–water partition coefficient (Wildman–Crippen LogP) is 0.667. The highest BCUT2D eigenvalue weighted by Crippen LogP contribution is 2.36. The lowest BCUT2D eigenvalue weighted by molar-refractivity contribution is -0.266. The zero-order chi connectivity index (χ0) is 11.0. The Morgan fingerprint density at radius 2 is 1.93 bits per heavy atom. The minimum absolute atomic E-state index is 0.0737. The van der Waals surface area contributed by atoms with Gasteiger partial charge in [0.1, 0.15) is 6.61 Å². The van der Waals surface area contributed by atoms with Gasteiger partial charge in [-0.25, -0.2) is 0 Å². The summed E-state index contributed by atoms with van der Waals surface area (Å²) in [5.41, 5.74) is -0.688. The van der Waals surface area contributed by atoms with Crippen LogP contribution in [0.15, 0.2) is 0 Å². The summed E-state index contributed by atoms with van der Waals surface area (Å²) in [7, 11) is 0. The summed E-state index contributed by atoms with van der Waals surface area (Å²) in [6.07, 6.45) is 1.65. The van der Waals surface area contributed by atoms with Gasteiger partial charge in [-0.05, 0) is 12.8 Å². The fraction of sp³-hybridized carbons (Fsp3) is 0.900. The molecule has 14 heavy (non-hydrogen) atoms. The third kappa shape index (κ3) is 2.25. The number of carbonyl (C=O) groups is 1. The Morgan fingerprint density at radius 1 is 1.43 bits per heavy atom. The average Bonchev–Trinajstić information content (AvgIpc) is 2.83. The number of hydrogen-bond acceptors (Lipinski definition) is 4. The summed E-state index contributed by atoms with van der Waals surface area (Å²) in [4.78, 5) is 11.3. The summed E-state index contributed by atoms with van der Waals surface area (Å²) in [6, 6.07) is 0. The van der Waals surface area contributed by atoms with E-state index in [1.54, 1.807) is 20.8 Å². The molecule has 0 spiro atoms. The van der Waals surface area contributed by atoms with Crippen LogP contribution < -0.4 is 0 Å². The molecule has 82 valence electrons. The number of rotatable bonds is 3. The summed E-state index contributed by atoms with van der Waals surface area (Å²) >= 11 is 0. The smallest absolute Gasteiger partial charge is 0.311 e. The van der Waals surface area contributed by atoms with E-state index >= 15 is 0 Å². The van der Waals surface area contributed by atoms with Crippen molar-refractivity contribution < 1.29 is 19.7 Å². The van der Waals surface area contributed by atoms with Crippen LogP contribution in [0.3, 0.4) is 0 Å². The lowest BCUT2D eigenvalue weighted by Gasteiger charge is -2.37. The Balaban J connectivity index is 2.64. The topological polar surface area (TPSA) is 66.8 Å². The van der Waals surface area contributed by atoms with E-state index in [1.807, 2.05) is 0 Å². The highest BCUT2D eigenvalue weighted by atomic mass is 16.7. The molecule has 1 fully saturated rings. The SMILES string of the molecule is CC(C)(C)[C@@](O)(CO)OC(=O)C1CC1. The molecule has 0 aromatic heterocycles. The number of hydrogen-bond donors (Lipinski definition) is 2. The zero-order valence-electron chi connectivity index (χ0n) is 8.91. The van der Waals surface area contributed by atoms with Crippen molar-refractivity contribution in [3.63, 3.8) is 0 Å². The normalized spacial score (nSPS) is 21.5. The molecule has 0 radical (unpaired) electrons. The van der Waals surface area contributed by atoms with Crippen molar-refractivity contribution in [1.82, 2.24) is 0 Å². The molecule has 4 heteroatoms. The monoisotopic (exact) mass is 202 g/mol. The summed E-state index contributed by atoms with van der Waals surface area (Å²) in [5.74, 6) is -2.25. The van der Waals surface area contributed by atoms with Gasteiger partial charge in [0.25, 0.3) is 0 Å². The van der Waals surface area contributed by atoms with Crippen LogP contribution in [-0.4, -0.2) is 28.6 Å². The first-order valence-corrected chi connectivity index (χ1v) is 4.86. The minimum Gasteiger partial charge on any atom is -0.430 e. The number of esters is 1. The second-order valence-corrected chi connectivity index (χ2v) is 4.89. The summed E-state index contributed by atoms with van der Waals surface area (Å²) < 4.78 is 4.94. The molecule has 0 aliphatic heterocycles. The van der Waals surface area contributed by atoms with Crippen LogP contribution in [0.2, 0.25) is 0 Å². The van der Waals surface area contributed by atoms with Crippen molar-refractivity contribution in [3.8, 4) is 0 Å². The zero-order valence-corrected chi connectivity index (χ0v) is 8.91. The van der Waals surface area contributed by atoms with E-state index in [9.17, 15) is 9.90 Å². The number of ether oxygens (including phenoxy) is 1. The Morgan fingerprint density at radius 3 is 2.21 bits per heavy atom. The molecule has 0 saturated heterocycles. The first-order valence-electron chi connectivity index (χ1n) is 4.86. The second kappa shape index (κ2) is 3.51. The molecule has 2 N–H and O–H groups in total. The maximum atomic E-state index is 11.3. The quantitative estimate of drug-likeness (QED) is 0.521. The van der Waals surface area contributed by atoms with E-state index in [0.717, 1.165) is 12.8 Å². The fourth-order valence-electron chi connectivity index (χ4n) is 0.991. The molecule has 1 rings (SSSR count). The molecule has 0 aromatic carbocycles. The van der Waals surface area contributed by atoms with E-state index in [0.29, 0.717) is 0 Å². The standard InChI is InChI=1S/C10H18O4/c1-9(2,3)10(13,6-11)14-8(12)7-4-5-7/h7,11,13H,4-6H2,1-3H3/t10-/m1/s1. The van der Waals surface area contributed by atoms with Gasteiger partial charge in [-0.2, -0.15) is 0 Å². The van der Waals surface area contributed by atoms with Crippen LogP contribution in [0, 0.1) is 11.3 Å². The van der Waals surface area contributed by atoms with Gasteiger partial charge in [0.2, 0.25) is 5.79 Å². The molecule has 1 aliphatic rings. The number of aliphatic hydroxyl groups is 2. The molecular formula is C10H18O4. The van der Waals surface area contributed by atoms with Gasteiger partial charge in [-0.1, -0.05) is 20.8 Å². The van der Waals surface area contributed by atoms with Crippen LogP contribution in [-0.2, 0) is 9.53 Å². The van der Waals surface area contributed by atoms with Crippen molar-refractivity contribution in [2.24, 2.45) is 11.3 Å². The van der Waals surface area contributed by atoms with Crippen molar-refractivity contribution in [2.45, 2.75) is 39.4 Å². The van der Waals surface area contributed by atoms with Crippen molar-refractivity contribution >= 4 is 5.97 Å². The van der Waals surface area contributed by atoms with Gasteiger partial charge in [0, 0.05) is 5.41 Å². The Hall–Kier alpha value is -0.610. The Bertz CT molecular complexity index is 227. The first-order chi connectivity index (χ1) is 6.30. The van der Waals surface area contributed by atoms with E-state index in [4.69, 9.17) is 9.84 Å². The third-order valence-electron chi connectivity index (χ3n) is 2.57. The van der Waals surface area contributed by atoms with Crippen LogP contribution in [0.5, 0.6) is 0 Å². The second-order valence-electron chi connectivity index (χ2n) is 4.89. The summed E-state index contributed by atoms with van der Waals surface area (Å²) in [6.45, 7) is 4.56. The predicted molar refractivity (Wildman–Crippen MR) is 50.3 cm³/mol. The van der Waals surface area contributed by atoms with Crippen LogP contribution >= 0.6 is 0 Å². The van der Waals surface area contributed by atoms with Crippen molar-refractivity contribution in [2.75, 3.05) is 6.61 Å². The average molecular weight is 202 g/mol. The molecule has 0 unspecified atom stereocenters. The van der Waals surface area contributed by atoms with Gasteiger partial charge < -0.3 is 14.9 Å². The fourth-order valence-corrected chi connectivity index (χ4v) is 0.991. The molecule has 4 nitrogen and oxygen atoms in total. The lowest BCUT2D eigenvalue weighted by atomic mass is 9.86. The van der Waals surface area contributed by atoms with Gasteiger partial charge >= 0.3 is 5.97 Å². The van der Waals surface area contributed by atoms with E-state index in [1.165, 1.54) is 0 Å². The van der Waals surface area contributed by atoms with Crippen molar-refractivity contribution in [1.29, 1.82) is 0 Å². The van der Waals surface area contributed by atoms with Crippen LogP contribution in [0.4, 0.5) is 0 Å². The Labute approximate surface area is 83.9 Å². The maximum absolute atomic E-state index is 11.3. The van der Waals surface area contributed by atoms with Crippen LogP contribution in [0.25, 0.3) is 0 Å². The first kappa shape index (κ1) is 11.5. The highest BCUT2D eigenvalue weighted by molar-refractivity contribution is 5.75. The van der Waals surface area contributed by atoms with Crippen molar-refractivity contribution in [3.05, 3.63) is 0 Å².